The molecule has 0 radical (unpaired) electrons. The number of aliphatic carboxylic acids is 1. The molecule has 1 aliphatic rings. The summed E-state index contributed by atoms with van der Waals surface area (Å²) in [6, 6.07) is -0.666. The van der Waals surface area contributed by atoms with Gasteiger partial charge in [0.15, 0.2) is 0 Å². The van der Waals surface area contributed by atoms with Gasteiger partial charge in [0.2, 0.25) is 5.91 Å². The summed E-state index contributed by atoms with van der Waals surface area (Å²) in [6.45, 7) is 0.428. The molecule has 1 rings (SSSR count). The highest BCUT2D eigenvalue weighted by Crippen LogP contribution is 2.06. The van der Waals surface area contributed by atoms with Crippen LogP contribution in [0.4, 0.5) is 0 Å². The fourth-order valence-corrected chi connectivity index (χ4v) is 1.32. The monoisotopic (exact) mass is 187 g/mol. The molecule has 13 heavy (non-hydrogen) atoms. The van der Waals surface area contributed by atoms with Crippen LogP contribution in [0.15, 0.2) is 0 Å². The molecule has 1 heterocycles. The standard InChI is InChI=1S/C7H13N3O3/c8-2-6(11)10-4-1-5(7(12)13)9-3-4/h4-5,9H,1-3,8H2,(H,10,11)(H,12,13)/t4-,5+/m1/s1. The maximum Gasteiger partial charge on any atom is 0.320 e. The molecule has 0 unspecified atom stereocenters. The van der Waals surface area contributed by atoms with Gasteiger partial charge < -0.3 is 21.5 Å². The van der Waals surface area contributed by atoms with Gasteiger partial charge in [-0.15, -0.1) is 0 Å². The highest BCUT2D eigenvalue weighted by molar-refractivity contribution is 5.78. The molecule has 2 atom stereocenters. The van der Waals surface area contributed by atoms with Crippen molar-refractivity contribution >= 4 is 11.9 Å². The summed E-state index contributed by atoms with van der Waals surface area (Å²) < 4.78 is 0. The lowest BCUT2D eigenvalue weighted by atomic mass is 10.2. The molecule has 0 aromatic rings. The molecule has 1 amide bonds. The van der Waals surface area contributed by atoms with Gasteiger partial charge in [-0.05, 0) is 6.42 Å². The van der Waals surface area contributed by atoms with E-state index in [1.54, 1.807) is 0 Å². The summed E-state index contributed by atoms with van der Waals surface area (Å²) in [4.78, 5) is 21.3. The summed E-state index contributed by atoms with van der Waals surface area (Å²) in [5.74, 6) is -1.14. The molecular weight excluding hydrogens is 174 g/mol. The number of hydrogen-bond donors (Lipinski definition) is 4. The summed E-state index contributed by atoms with van der Waals surface area (Å²) in [6.07, 6.45) is 0.418. The molecule has 74 valence electrons. The van der Waals surface area contributed by atoms with E-state index in [4.69, 9.17) is 10.8 Å². The third kappa shape index (κ3) is 2.67. The molecule has 1 fully saturated rings. The van der Waals surface area contributed by atoms with E-state index in [1.807, 2.05) is 0 Å². The number of nitrogens with two attached hydrogens (primary N) is 1. The van der Waals surface area contributed by atoms with Crippen molar-refractivity contribution in [2.45, 2.75) is 18.5 Å². The minimum absolute atomic E-state index is 0.0613. The molecule has 6 heteroatoms. The van der Waals surface area contributed by atoms with Crippen molar-refractivity contribution in [3.8, 4) is 0 Å². The van der Waals surface area contributed by atoms with Crippen molar-refractivity contribution in [1.29, 1.82) is 0 Å². The zero-order chi connectivity index (χ0) is 9.84. The van der Waals surface area contributed by atoms with Crippen LogP contribution >= 0.6 is 0 Å². The number of carboxylic acid groups (broad SMARTS) is 1. The molecule has 0 aromatic heterocycles. The van der Waals surface area contributed by atoms with E-state index in [9.17, 15) is 9.59 Å². The summed E-state index contributed by atoms with van der Waals surface area (Å²) in [5.41, 5.74) is 5.10. The topological polar surface area (TPSA) is 104 Å². The second-order valence-electron chi connectivity index (χ2n) is 3.00. The number of hydrogen-bond acceptors (Lipinski definition) is 4. The largest absolute Gasteiger partial charge is 0.480 e. The van der Waals surface area contributed by atoms with Gasteiger partial charge >= 0.3 is 5.97 Å². The van der Waals surface area contributed by atoms with Gasteiger partial charge in [0.1, 0.15) is 6.04 Å². The second-order valence-corrected chi connectivity index (χ2v) is 3.00. The van der Waals surface area contributed by atoms with Crippen molar-refractivity contribution in [2.24, 2.45) is 5.73 Å². The summed E-state index contributed by atoms with van der Waals surface area (Å²) >= 11 is 0. The van der Waals surface area contributed by atoms with Gasteiger partial charge in [-0.1, -0.05) is 0 Å². The Labute approximate surface area is 75.5 Å². The Morgan fingerprint density at radius 2 is 2.31 bits per heavy atom. The molecule has 0 spiro atoms. The first kappa shape index (κ1) is 9.94. The van der Waals surface area contributed by atoms with Crippen LogP contribution < -0.4 is 16.4 Å². The normalized spacial score (nSPS) is 27.2. The Kier molecular flexibility index (Phi) is 3.21. The Bertz CT molecular complexity index is 219. The van der Waals surface area contributed by atoms with E-state index in [0.29, 0.717) is 13.0 Å². The average molecular weight is 187 g/mol. The van der Waals surface area contributed by atoms with Crippen LogP contribution in [0.5, 0.6) is 0 Å². The number of nitrogens with one attached hydrogen (secondary N) is 2. The third-order valence-corrected chi connectivity index (χ3v) is 1.98. The zero-order valence-electron chi connectivity index (χ0n) is 7.12. The molecule has 5 N–H and O–H groups in total. The van der Waals surface area contributed by atoms with Gasteiger partial charge in [-0.25, -0.2) is 0 Å². The summed E-state index contributed by atoms with van der Waals surface area (Å²) in [5, 5.41) is 14.0. The van der Waals surface area contributed by atoms with Crippen molar-refractivity contribution < 1.29 is 14.7 Å². The van der Waals surface area contributed by atoms with Crippen LogP contribution in [0.1, 0.15) is 6.42 Å². The second kappa shape index (κ2) is 4.20. The lowest BCUT2D eigenvalue weighted by molar-refractivity contribution is -0.139. The molecule has 0 aliphatic carbocycles. The fraction of sp³-hybridized carbons (Fsp3) is 0.714. The van der Waals surface area contributed by atoms with E-state index in [1.165, 1.54) is 0 Å². The van der Waals surface area contributed by atoms with Crippen molar-refractivity contribution in [3.63, 3.8) is 0 Å². The van der Waals surface area contributed by atoms with Crippen molar-refractivity contribution in [1.82, 2.24) is 10.6 Å². The van der Waals surface area contributed by atoms with E-state index >= 15 is 0 Å². The maximum absolute atomic E-state index is 10.8. The lowest BCUT2D eigenvalue weighted by Crippen LogP contribution is -2.39. The van der Waals surface area contributed by atoms with Crippen LogP contribution in [0.25, 0.3) is 0 Å². The van der Waals surface area contributed by atoms with Crippen molar-refractivity contribution in [3.05, 3.63) is 0 Å². The van der Waals surface area contributed by atoms with Crippen LogP contribution in [0.3, 0.4) is 0 Å². The van der Waals surface area contributed by atoms with E-state index in [-0.39, 0.29) is 18.5 Å². The predicted molar refractivity (Wildman–Crippen MR) is 45.0 cm³/mol. The first-order valence-corrected chi connectivity index (χ1v) is 4.09. The highest BCUT2D eigenvalue weighted by Gasteiger charge is 2.29. The predicted octanol–water partition coefficient (Wildman–Crippen LogP) is -2.12. The fourth-order valence-electron chi connectivity index (χ4n) is 1.32. The lowest BCUT2D eigenvalue weighted by Gasteiger charge is -2.09. The van der Waals surface area contributed by atoms with E-state index in [2.05, 4.69) is 10.6 Å². The molecule has 0 bridgehead atoms. The average Bonchev–Trinajstić information content (AvgIpc) is 2.52. The van der Waals surface area contributed by atoms with Crippen LogP contribution in [0.2, 0.25) is 0 Å². The van der Waals surface area contributed by atoms with Crippen LogP contribution in [-0.4, -0.2) is 42.2 Å². The molecule has 6 nitrogen and oxygen atoms in total. The molecule has 1 aliphatic heterocycles. The van der Waals surface area contributed by atoms with Gasteiger partial charge in [0, 0.05) is 12.6 Å². The SMILES string of the molecule is NCC(=O)N[C@H]1CN[C@H](C(=O)O)C1. The number of rotatable bonds is 3. The van der Waals surface area contributed by atoms with Gasteiger partial charge in [-0.3, -0.25) is 9.59 Å². The van der Waals surface area contributed by atoms with Crippen molar-refractivity contribution in [2.75, 3.05) is 13.1 Å². The number of carbonyl (C=O) groups excluding carboxylic acids is 1. The summed E-state index contributed by atoms with van der Waals surface area (Å²) in [7, 11) is 0. The Morgan fingerprint density at radius 3 is 2.77 bits per heavy atom. The molecule has 0 saturated carbocycles. The van der Waals surface area contributed by atoms with Gasteiger partial charge in [0.25, 0.3) is 0 Å². The third-order valence-electron chi connectivity index (χ3n) is 1.98. The Morgan fingerprint density at radius 1 is 1.62 bits per heavy atom. The highest BCUT2D eigenvalue weighted by atomic mass is 16.4. The van der Waals surface area contributed by atoms with Gasteiger partial charge in [-0.2, -0.15) is 0 Å². The van der Waals surface area contributed by atoms with Crippen LogP contribution in [0, 0.1) is 0 Å². The Balaban J connectivity index is 2.33. The van der Waals surface area contributed by atoms with E-state index in [0.717, 1.165) is 0 Å². The van der Waals surface area contributed by atoms with Gasteiger partial charge in [0.05, 0.1) is 6.54 Å². The molecular formula is C7H13N3O3. The van der Waals surface area contributed by atoms with E-state index < -0.39 is 12.0 Å². The molecule has 1 saturated heterocycles. The van der Waals surface area contributed by atoms with Crippen LogP contribution in [-0.2, 0) is 9.59 Å². The first-order chi connectivity index (χ1) is 6.13. The number of carboxylic acids is 1. The quantitative estimate of drug-likeness (QED) is 0.404. The molecule has 0 aromatic carbocycles. The smallest absolute Gasteiger partial charge is 0.320 e. The number of amides is 1. The maximum atomic E-state index is 10.8. The zero-order valence-corrected chi connectivity index (χ0v) is 7.12. The minimum atomic E-state index is -0.885. The minimum Gasteiger partial charge on any atom is -0.480 e. The first-order valence-electron chi connectivity index (χ1n) is 4.09. The Hall–Kier alpha value is -1.14. The number of carbonyl (C=O) groups is 2.